The summed E-state index contributed by atoms with van der Waals surface area (Å²) in [6, 6.07) is 5.07. The van der Waals surface area contributed by atoms with Gasteiger partial charge in [-0.1, -0.05) is 19.9 Å². The van der Waals surface area contributed by atoms with E-state index in [1.807, 2.05) is 6.07 Å². The van der Waals surface area contributed by atoms with Gasteiger partial charge in [0.2, 0.25) is 0 Å². The Morgan fingerprint density at radius 2 is 1.89 bits per heavy atom. The van der Waals surface area contributed by atoms with Crippen molar-refractivity contribution in [1.82, 2.24) is 9.97 Å². The predicted octanol–water partition coefficient (Wildman–Crippen LogP) is 3.25. The second-order valence-electron chi connectivity index (χ2n) is 5.68. The van der Waals surface area contributed by atoms with Crippen LogP contribution in [0.1, 0.15) is 20.3 Å². The first-order valence-corrected chi connectivity index (χ1v) is 6.79. The molecule has 0 aliphatic carbocycles. The molecule has 1 aromatic heterocycles. The molecular formula is C15H18FN3. The number of hydrogen-bond donors (Lipinski definition) is 0. The molecule has 100 valence electrons. The van der Waals surface area contributed by atoms with Gasteiger partial charge in [0, 0.05) is 18.5 Å². The number of anilines is 1. The molecule has 3 rings (SSSR count). The van der Waals surface area contributed by atoms with Gasteiger partial charge in [0.1, 0.15) is 23.5 Å². The maximum atomic E-state index is 13.8. The Kier molecular flexibility index (Phi) is 3.09. The van der Waals surface area contributed by atoms with Crippen LogP contribution in [0.4, 0.5) is 10.2 Å². The Bertz CT molecular complexity index is 589. The van der Waals surface area contributed by atoms with Crippen molar-refractivity contribution in [3.8, 4) is 0 Å². The maximum absolute atomic E-state index is 13.8. The number of rotatable bonds is 1. The Labute approximate surface area is 112 Å². The first-order chi connectivity index (χ1) is 9.15. The van der Waals surface area contributed by atoms with Gasteiger partial charge < -0.3 is 4.90 Å². The van der Waals surface area contributed by atoms with Gasteiger partial charge in [-0.3, -0.25) is 0 Å². The fraction of sp³-hybridized carbons (Fsp3) is 0.467. The molecule has 3 nitrogen and oxygen atoms in total. The lowest BCUT2D eigenvalue weighted by Gasteiger charge is -2.36. The Hall–Kier alpha value is -1.71. The monoisotopic (exact) mass is 259 g/mol. The van der Waals surface area contributed by atoms with Gasteiger partial charge in [0.15, 0.2) is 0 Å². The zero-order valence-corrected chi connectivity index (χ0v) is 11.3. The van der Waals surface area contributed by atoms with Crippen LogP contribution >= 0.6 is 0 Å². The predicted molar refractivity (Wildman–Crippen MR) is 74.7 cm³/mol. The fourth-order valence-corrected chi connectivity index (χ4v) is 3.13. The third-order valence-corrected chi connectivity index (χ3v) is 3.76. The first-order valence-electron chi connectivity index (χ1n) is 6.79. The highest BCUT2D eigenvalue weighted by atomic mass is 19.1. The van der Waals surface area contributed by atoms with E-state index in [1.54, 1.807) is 6.07 Å². The maximum Gasteiger partial charge on any atom is 0.149 e. The number of fused-ring (bicyclic) bond motifs is 1. The standard InChI is InChI=1S/C15H18FN3/c1-10-6-11(2)8-19(7-10)15-12-4-3-5-13(16)14(12)17-9-18-15/h3-5,9-11H,6-8H2,1-2H3. The van der Waals surface area contributed by atoms with E-state index in [-0.39, 0.29) is 5.82 Å². The fourth-order valence-electron chi connectivity index (χ4n) is 3.13. The van der Waals surface area contributed by atoms with E-state index in [1.165, 1.54) is 18.8 Å². The van der Waals surface area contributed by atoms with E-state index in [4.69, 9.17) is 0 Å². The van der Waals surface area contributed by atoms with Gasteiger partial charge in [-0.25, -0.2) is 14.4 Å². The minimum absolute atomic E-state index is 0.278. The lowest BCUT2D eigenvalue weighted by molar-refractivity contribution is 0.356. The van der Waals surface area contributed by atoms with E-state index >= 15 is 0 Å². The number of aromatic nitrogens is 2. The summed E-state index contributed by atoms with van der Waals surface area (Å²) >= 11 is 0. The Morgan fingerprint density at radius 1 is 1.16 bits per heavy atom. The number of nitrogens with zero attached hydrogens (tertiary/aromatic N) is 3. The minimum atomic E-state index is -0.278. The molecule has 1 aliphatic rings. The molecule has 2 heterocycles. The summed E-state index contributed by atoms with van der Waals surface area (Å²) in [5.41, 5.74) is 0.415. The number of para-hydroxylation sites is 1. The van der Waals surface area contributed by atoms with Crippen LogP contribution < -0.4 is 4.90 Å². The van der Waals surface area contributed by atoms with Crippen LogP contribution in [0.3, 0.4) is 0 Å². The van der Waals surface area contributed by atoms with Crippen LogP contribution in [0.15, 0.2) is 24.5 Å². The van der Waals surface area contributed by atoms with Crippen molar-refractivity contribution < 1.29 is 4.39 Å². The summed E-state index contributed by atoms with van der Waals surface area (Å²) < 4.78 is 13.8. The molecule has 1 aromatic carbocycles. The Morgan fingerprint density at radius 3 is 2.63 bits per heavy atom. The molecule has 2 aromatic rings. The van der Waals surface area contributed by atoms with Crippen molar-refractivity contribution in [1.29, 1.82) is 0 Å². The first kappa shape index (κ1) is 12.3. The zero-order chi connectivity index (χ0) is 13.4. The van der Waals surface area contributed by atoms with Gasteiger partial charge in [-0.2, -0.15) is 0 Å². The summed E-state index contributed by atoms with van der Waals surface area (Å²) in [7, 11) is 0. The molecule has 0 bridgehead atoms. The van der Waals surface area contributed by atoms with Gasteiger partial charge in [0.05, 0.1) is 0 Å². The van der Waals surface area contributed by atoms with Crippen molar-refractivity contribution in [3.05, 3.63) is 30.3 Å². The highest BCUT2D eigenvalue weighted by Crippen LogP contribution is 2.29. The lowest BCUT2D eigenvalue weighted by Crippen LogP contribution is -2.39. The van der Waals surface area contributed by atoms with Crippen molar-refractivity contribution in [3.63, 3.8) is 0 Å². The highest BCUT2D eigenvalue weighted by Gasteiger charge is 2.24. The molecule has 4 heteroatoms. The molecule has 0 N–H and O–H groups in total. The van der Waals surface area contributed by atoms with Crippen LogP contribution in [-0.4, -0.2) is 23.1 Å². The van der Waals surface area contributed by atoms with Crippen molar-refractivity contribution in [2.24, 2.45) is 11.8 Å². The molecule has 0 radical (unpaired) electrons. The van der Waals surface area contributed by atoms with Crippen LogP contribution in [0, 0.1) is 17.7 Å². The quantitative estimate of drug-likeness (QED) is 0.787. The summed E-state index contributed by atoms with van der Waals surface area (Å²) in [6.07, 6.45) is 2.71. The van der Waals surface area contributed by atoms with E-state index in [9.17, 15) is 4.39 Å². The number of halogens is 1. The summed E-state index contributed by atoms with van der Waals surface area (Å²) in [4.78, 5) is 10.7. The SMILES string of the molecule is CC1CC(C)CN(c2ncnc3c(F)cccc23)C1. The molecular weight excluding hydrogens is 241 g/mol. The second-order valence-corrected chi connectivity index (χ2v) is 5.68. The van der Waals surface area contributed by atoms with Gasteiger partial charge in [-0.05, 0) is 30.4 Å². The van der Waals surface area contributed by atoms with Crippen LogP contribution in [0.25, 0.3) is 10.9 Å². The Balaban J connectivity index is 2.07. The molecule has 1 aliphatic heterocycles. The molecule has 1 saturated heterocycles. The number of hydrogen-bond acceptors (Lipinski definition) is 3. The van der Waals surface area contributed by atoms with Crippen molar-refractivity contribution in [2.75, 3.05) is 18.0 Å². The van der Waals surface area contributed by atoms with Crippen LogP contribution in [-0.2, 0) is 0 Å². The minimum Gasteiger partial charge on any atom is -0.355 e. The van der Waals surface area contributed by atoms with Crippen molar-refractivity contribution >= 4 is 16.7 Å². The number of piperidine rings is 1. The normalized spacial score (nSPS) is 23.8. The third-order valence-electron chi connectivity index (χ3n) is 3.76. The largest absolute Gasteiger partial charge is 0.355 e. The molecule has 19 heavy (non-hydrogen) atoms. The molecule has 2 atom stereocenters. The molecule has 2 unspecified atom stereocenters. The second kappa shape index (κ2) is 4.76. The molecule has 0 spiro atoms. The smallest absolute Gasteiger partial charge is 0.149 e. The van der Waals surface area contributed by atoms with E-state index in [0.29, 0.717) is 17.4 Å². The van der Waals surface area contributed by atoms with E-state index in [0.717, 1.165) is 24.3 Å². The average molecular weight is 259 g/mol. The van der Waals surface area contributed by atoms with Crippen LogP contribution in [0.5, 0.6) is 0 Å². The van der Waals surface area contributed by atoms with E-state index in [2.05, 4.69) is 28.7 Å². The topological polar surface area (TPSA) is 29.0 Å². The highest BCUT2D eigenvalue weighted by molar-refractivity contribution is 5.89. The third kappa shape index (κ3) is 2.27. The van der Waals surface area contributed by atoms with E-state index < -0.39 is 0 Å². The van der Waals surface area contributed by atoms with Gasteiger partial charge >= 0.3 is 0 Å². The van der Waals surface area contributed by atoms with Gasteiger partial charge in [-0.15, -0.1) is 0 Å². The summed E-state index contributed by atoms with van der Waals surface area (Å²) in [5.74, 6) is 1.87. The molecule has 0 saturated carbocycles. The zero-order valence-electron chi connectivity index (χ0n) is 11.3. The van der Waals surface area contributed by atoms with Crippen LogP contribution in [0.2, 0.25) is 0 Å². The lowest BCUT2D eigenvalue weighted by atomic mass is 9.92. The summed E-state index contributed by atoms with van der Waals surface area (Å²) in [6.45, 7) is 6.47. The summed E-state index contributed by atoms with van der Waals surface area (Å²) in [5, 5.41) is 0.809. The van der Waals surface area contributed by atoms with Crippen molar-refractivity contribution in [2.45, 2.75) is 20.3 Å². The molecule has 0 amide bonds. The molecule has 1 fully saturated rings. The van der Waals surface area contributed by atoms with Gasteiger partial charge in [0.25, 0.3) is 0 Å². The average Bonchev–Trinajstić information content (AvgIpc) is 2.37. The number of benzene rings is 1.